The summed E-state index contributed by atoms with van der Waals surface area (Å²) < 4.78 is 4.57. The Hall–Kier alpha value is -1.77. The minimum atomic E-state index is -1.27. The molecule has 0 heterocycles. The Morgan fingerprint density at radius 3 is 2.41 bits per heavy atom. The Balaban J connectivity index is 3.17. The fourth-order valence-corrected chi connectivity index (χ4v) is 2.41. The lowest BCUT2D eigenvalue weighted by molar-refractivity contribution is -0.306. The van der Waals surface area contributed by atoms with Gasteiger partial charge in [0, 0.05) is 12.4 Å². The van der Waals surface area contributed by atoms with Crippen LogP contribution < -0.4 is 5.11 Å². The van der Waals surface area contributed by atoms with Crippen molar-refractivity contribution in [1.82, 2.24) is 0 Å². The minimum absolute atomic E-state index is 0.000783. The molecule has 1 rings (SSSR count). The zero-order valence-corrected chi connectivity index (χ0v) is 13.4. The molecular weight excluding hydrogens is 329 g/mol. The molecule has 0 bridgehead atoms. The van der Waals surface area contributed by atoms with Crippen molar-refractivity contribution >= 4 is 35.1 Å². The molecule has 0 aromatic heterocycles. The maximum absolute atomic E-state index is 11.4. The molecule has 22 heavy (non-hydrogen) atoms. The number of esters is 1. The van der Waals surface area contributed by atoms with Crippen LogP contribution in [0.25, 0.3) is 0 Å². The summed E-state index contributed by atoms with van der Waals surface area (Å²) in [5.74, 6) is -1.74. The average molecular weight is 343 g/mol. The lowest BCUT2D eigenvalue weighted by Gasteiger charge is -2.27. The van der Waals surface area contributed by atoms with Gasteiger partial charge in [-0.15, -0.1) is 0 Å². The normalized spacial score (nSPS) is 13.0. The van der Waals surface area contributed by atoms with E-state index in [9.17, 15) is 20.0 Å². The van der Waals surface area contributed by atoms with Gasteiger partial charge >= 0.3 is 5.97 Å². The number of carbonyl (C=O) groups is 2. The summed E-state index contributed by atoms with van der Waals surface area (Å²) in [5.41, 5.74) is -0.669. The molecule has 0 saturated heterocycles. The van der Waals surface area contributed by atoms with Gasteiger partial charge in [-0.25, -0.2) is 0 Å². The number of nitrogens with zero attached hydrogens (tertiary/aromatic N) is 1. The summed E-state index contributed by atoms with van der Waals surface area (Å²) in [6.07, 6.45) is -0.214. The van der Waals surface area contributed by atoms with E-state index in [4.69, 9.17) is 23.2 Å². The van der Waals surface area contributed by atoms with E-state index in [-0.39, 0.29) is 30.7 Å². The van der Waals surface area contributed by atoms with E-state index >= 15 is 0 Å². The van der Waals surface area contributed by atoms with Gasteiger partial charge in [0.25, 0.3) is 0 Å². The molecule has 5 nitrogen and oxygen atoms in total. The number of aliphatic carboxylic acids is 1. The van der Waals surface area contributed by atoms with Crippen molar-refractivity contribution in [3.8, 4) is 6.07 Å². The van der Waals surface area contributed by atoms with E-state index in [1.807, 2.05) is 0 Å². The van der Waals surface area contributed by atoms with Crippen molar-refractivity contribution < 1.29 is 19.4 Å². The van der Waals surface area contributed by atoms with Gasteiger partial charge in [-0.05, 0) is 37.0 Å². The van der Waals surface area contributed by atoms with E-state index in [0.29, 0.717) is 10.6 Å². The van der Waals surface area contributed by atoms with E-state index in [1.165, 1.54) is 19.2 Å². The predicted molar refractivity (Wildman–Crippen MR) is 79.2 cm³/mol. The highest BCUT2D eigenvalue weighted by atomic mass is 35.5. The molecule has 0 aliphatic carbocycles. The van der Waals surface area contributed by atoms with Gasteiger partial charge in [0.2, 0.25) is 0 Å². The number of carboxylic acids is 1. The first kappa shape index (κ1) is 18.3. The van der Waals surface area contributed by atoms with Crippen molar-refractivity contribution in [2.75, 3.05) is 7.11 Å². The summed E-state index contributed by atoms with van der Waals surface area (Å²) in [5, 5.41) is 20.9. The summed E-state index contributed by atoms with van der Waals surface area (Å²) in [7, 11) is 1.25. The number of hydrogen-bond donors (Lipinski definition) is 0. The molecule has 0 N–H and O–H groups in total. The highest BCUT2D eigenvalue weighted by Crippen LogP contribution is 2.37. The number of benzene rings is 1. The molecule has 1 aromatic rings. The van der Waals surface area contributed by atoms with Crippen LogP contribution in [0.1, 0.15) is 31.2 Å². The predicted octanol–water partition coefficient (Wildman–Crippen LogP) is 2.24. The number of carbonyl (C=O) groups excluding carboxylic acids is 2. The van der Waals surface area contributed by atoms with Crippen molar-refractivity contribution in [3.63, 3.8) is 0 Å². The summed E-state index contributed by atoms with van der Waals surface area (Å²) in [6, 6.07) is 6.76. The van der Waals surface area contributed by atoms with Gasteiger partial charge in [-0.1, -0.05) is 29.3 Å². The maximum Gasteiger partial charge on any atom is 0.305 e. The topological polar surface area (TPSA) is 90.2 Å². The van der Waals surface area contributed by atoms with Gasteiger partial charge in [0.05, 0.1) is 28.6 Å². The first-order chi connectivity index (χ1) is 10.3. The first-order valence-electron chi connectivity index (χ1n) is 6.48. The largest absolute Gasteiger partial charge is 0.550 e. The zero-order valence-electron chi connectivity index (χ0n) is 11.9. The number of nitriles is 1. The molecule has 0 amide bonds. The standard InChI is InChI=1S/C15H15Cl2NO4/c1-22-14(21)5-7-15(9-18,6-4-13(19)20)10-2-3-11(16)12(17)8-10/h2-3,8H,4-7H2,1H3,(H,19,20)/p-1. The van der Waals surface area contributed by atoms with Gasteiger partial charge in [0.15, 0.2) is 0 Å². The van der Waals surface area contributed by atoms with Crippen LogP contribution >= 0.6 is 23.2 Å². The number of ether oxygens (including phenoxy) is 1. The monoisotopic (exact) mass is 342 g/mol. The molecule has 1 unspecified atom stereocenters. The zero-order chi connectivity index (χ0) is 16.8. The highest BCUT2D eigenvalue weighted by molar-refractivity contribution is 6.42. The van der Waals surface area contributed by atoms with Crippen molar-refractivity contribution in [2.45, 2.75) is 31.1 Å². The third-order valence-electron chi connectivity index (χ3n) is 3.43. The molecule has 118 valence electrons. The second-order valence-electron chi connectivity index (χ2n) is 4.77. The smallest absolute Gasteiger partial charge is 0.305 e. The molecule has 1 atom stereocenters. The quantitative estimate of drug-likeness (QED) is 0.708. The second-order valence-corrected chi connectivity index (χ2v) is 5.59. The number of carboxylic acid groups (broad SMARTS) is 1. The maximum atomic E-state index is 11.4. The lowest BCUT2D eigenvalue weighted by Crippen LogP contribution is -2.30. The highest BCUT2D eigenvalue weighted by Gasteiger charge is 2.33. The van der Waals surface area contributed by atoms with E-state index in [1.54, 1.807) is 6.07 Å². The van der Waals surface area contributed by atoms with Crippen LogP contribution in [0.5, 0.6) is 0 Å². The SMILES string of the molecule is COC(=O)CCC(C#N)(CCC(=O)[O-])c1ccc(Cl)c(Cl)c1. The fraction of sp³-hybridized carbons (Fsp3) is 0.400. The molecular formula is C15H14Cl2NO4-. The lowest BCUT2D eigenvalue weighted by atomic mass is 9.74. The molecule has 1 aromatic carbocycles. The van der Waals surface area contributed by atoms with E-state index < -0.39 is 17.4 Å². The Labute approximate surface area is 138 Å². The van der Waals surface area contributed by atoms with Crippen LogP contribution in [0, 0.1) is 11.3 Å². The van der Waals surface area contributed by atoms with E-state index in [0.717, 1.165) is 0 Å². The van der Waals surface area contributed by atoms with Crippen LogP contribution in [0.3, 0.4) is 0 Å². The summed E-state index contributed by atoms with van der Waals surface area (Å²) >= 11 is 11.8. The average Bonchev–Trinajstić information content (AvgIpc) is 2.50. The third-order valence-corrected chi connectivity index (χ3v) is 4.16. The molecule has 0 aliphatic heterocycles. The summed E-state index contributed by atoms with van der Waals surface area (Å²) in [4.78, 5) is 22.1. The first-order valence-corrected chi connectivity index (χ1v) is 7.23. The van der Waals surface area contributed by atoms with Crippen LogP contribution in [0.15, 0.2) is 18.2 Å². The van der Waals surface area contributed by atoms with Crippen LogP contribution in [-0.2, 0) is 19.7 Å². The van der Waals surface area contributed by atoms with Crippen LogP contribution in [-0.4, -0.2) is 19.0 Å². The van der Waals surface area contributed by atoms with Crippen LogP contribution in [0.4, 0.5) is 0 Å². The van der Waals surface area contributed by atoms with Gasteiger partial charge < -0.3 is 14.6 Å². The Bertz CT molecular complexity index is 612. The molecule has 0 fully saturated rings. The minimum Gasteiger partial charge on any atom is -0.550 e. The second kappa shape index (κ2) is 8.02. The molecule has 0 saturated carbocycles. The molecule has 0 radical (unpaired) electrons. The molecule has 0 spiro atoms. The Kier molecular flexibility index (Phi) is 6.66. The Morgan fingerprint density at radius 1 is 1.27 bits per heavy atom. The van der Waals surface area contributed by atoms with Gasteiger partial charge in [0.1, 0.15) is 0 Å². The fourth-order valence-electron chi connectivity index (χ4n) is 2.12. The third kappa shape index (κ3) is 4.62. The Morgan fingerprint density at radius 2 is 1.91 bits per heavy atom. The number of rotatable bonds is 7. The van der Waals surface area contributed by atoms with Gasteiger partial charge in [-0.2, -0.15) is 5.26 Å². The van der Waals surface area contributed by atoms with Crippen molar-refractivity contribution in [2.24, 2.45) is 0 Å². The number of halogens is 2. The van der Waals surface area contributed by atoms with Crippen LogP contribution in [0.2, 0.25) is 10.0 Å². The summed E-state index contributed by atoms with van der Waals surface area (Å²) in [6.45, 7) is 0. The van der Waals surface area contributed by atoms with Crippen molar-refractivity contribution in [1.29, 1.82) is 5.26 Å². The molecule has 0 aliphatic rings. The van der Waals surface area contributed by atoms with Gasteiger partial charge in [-0.3, -0.25) is 4.79 Å². The number of hydrogen-bond acceptors (Lipinski definition) is 5. The number of methoxy groups -OCH3 is 1. The molecule has 7 heteroatoms. The van der Waals surface area contributed by atoms with Crippen molar-refractivity contribution in [3.05, 3.63) is 33.8 Å². The van der Waals surface area contributed by atoms with E-state index in [2.05, 4.69) is 10.8 Å².